The lowest BCUT2D eigenvalue weighted by Gasteiger charge is -2.14. The number of hydrogen-bond donors (Lipinski definition) is 0. The first kappa shape index (κ1) is 22.9. The number of nitrogens with zero attached hydrogens (tertiary/aromatic N) is 2. The van der Waals surface area contributed by atoms with E-state index in [9.17, 15) is 0 Å². The molecule has 33 heavy (non-hydrogen) atoms. The monoisotopic (exact) mass is 434 g/mol. The van der Waals surface area contributed by atoms with Gasteiger partial charge in [-0.05, 0) is 155 Å². The first-order chi connectivity index (χ1) is 15.5. The van der Waals surface area contributed by atoms with Crippen molar-refractivity contribution in [2.45, 2.75) is 62.3 Å². The summed E-state index contributed by atoms with van der Waals surface area (Å²) in [4.78, 5) is 10.1. The van der Waals surface area contributed by atoms with E-state index in [2.05, 4.69) is 105 Å². The van der Waals surface area contributed by atoms with E-state index in [1.807, 2.05) is 0 Å². The van der Waals surface area contributed by atoms with Crippen molar-refractivity contribution in [3.05, 3.63) is 92.5 Å². The molecule has 0 fully saturated rings. The number of rotatable bonds is 3. The molecular formula is C31H34N2. The Kier molecular flexibility index (Phi) is 5.97. The zero-order chi connectivity index (χ0) is 24.0. The Morgan fingerprint density at radius 1 is 0.364 bits per heavy atom. The summed E-state index contributed by atoms with van der Waals surface area (Å²) in [5.74, 6) is 0.778. The molecule has 0 aliphatic rings. The summed E-state index contributed by atoms with van der Waals surface area (Å²) in [5.41, 5.74) is 17.0. The normalized spacial score (nSPS) is 11.2. The van der Waals surface area contributed by atoms with E-state index < -0.39 is 0 Å². The van der Waals surface area contributed by atoms with Gasteiger partial charge in [-0.1, -0.05) is 0 Å². The summed E-state index contributed by atoms with van der Waals surface area (Å²) in [6.07, 6.45) is 0. The van der Waals surface area contributed by atoms with Crippen molar-refractivity contribution < 1.29 is 0 Å². The molecule has 0 saturated heterocycles. The predicted molar refractivity (Wildman–Crippen MR) is 141 cm³/mol. The van der Waals surface area contributed by atoms with Crippen LogP contribution in [0.25, 0.3) is 33.9 Å². The van der Waals surface area contributed by atoms with E-state index in [-0.39, 0.29) is 0 Å². The van der Waals surface area contributed by atoms with Gasteiger partial charge < -0.3 is 0 Å². The van der Waals surface area contributed by atoms with Gasteiger partial charge in [0.15, 0.2) is 5.82 Å². The topological polar surface area (TPSA) is 25.8 Å². The molecule has 0 N–H and O–H groups in total. The highest BCUT2D eigenvalue weighted by atomic mass is 14.9. The van der Waals surface area contributed by atoms with Gasteiger partial charge in [-0.15, -0.1) is 0 Å². The van der Waals surface area contributed by atoms with Gasteiger partial charge in [-0.2, -0.15) is 0 Å². The Balaban J connectivity index is 2.00. The van der Waals surface area contributed by atoms with Gasteiger partial charge >= 0.3 is 0 Å². The molecule has 2 nitrogen and oxygen atoms in total. The molecule has 0 radical (unpaired) electrons. The van der Waals surface area contributed by atoms with Crippen LogP contribution in [0.4, 0.5) is 0 Å². The molecule has 0 aliphatic carbocycles. The zero-order valence-corrected chi connectivity index (χ0v) is 21.4. The van der Waals surface area contributed by atoms with E-state index in [1.165, 1.54) is 50.1 Å². The number of hydrogen-bond acceptors (Lipinski definition) is 2. The third kappa shape index (κ3) is 4.35. The van der Waals surface area contributed by atoms with Crippen LogP contribution in [0.2, 0.25) is 0 Å². The van der Waals surface area contributed by atoms with Crippen molar-refractivity contribution in [3.63, 3.8) is 0 Å². The SMILES string of the molecule is Cc1cc(-c2cc(-c3cc(C)c(C)c(C)c3)nc(-c3cc(C)c(C)c(C)c3)n2)cc(C)c1C. The van der Waals surface area contributed by atoms with Crippen molar-refractivity contribution in [2.24, 2.45) is 0 Å². The minimum absolute atomic E-state index is 0.778. The molecule has 168 valence electrons. The van der Waals surface area contributed by atoms with Crippen LogP contribution in [0.1, 0.15) is 50.1 Å². The Morgan fingerprint density at radius 3 is 0.939 bits per heavy atom. The van der Waals surface area contributed by atoms with E-state index in [0.29, 0.717) is 0 Å². The van der Waals surface area contributed by atoms with Gasteiger partial charge in [0.2, 0.25) is 0 Å². The highest BCUT2D eigenvalue weighted by Gasteiger charge is 2.14. The fraction of sp³-hybridized carbons (Fsp3) is 0.290. The largest absolute Gasteiger partial charge is 0.228 e. The minimum Gasteiger partial charge on any atom is -0.228 e. The van der Waals surface area contributed by atoms with Crippen LogP contribution in [0.15, 0.2) is 42.5 Å². The molecule has 1 aromatic heterocycles. The molecule has 1 heterocycles. The summed E-state index contributed by atoms with van der Waals surface area (Å²) in [7, 11) is 0. The molecule has 0 amide bonds. The first-order valence-corrected chi connectivity index (χ1v) is 11.7. The zero-order valence-electron chi connectivity index (χ0n) is 21.4. The Morgan fingerprint density at radius 2 is 0.636 bits per heavy atom. The lowest BCUT2D eigenvalue weighted by atomic mass is 9.96. The lowest BCUT2D eigenvalue weighted by molar-refractivity contribution is 1.16. The summed E-state index contributed by atoms with van der Waals surface area (Å²) in [5, 5.41) is 0. The van der Waals surface area contributed by atoms with E-state index in [4.69, 9.17) is 9.97 Å². The Hall–Kier alpha value is -3.26. The average Bonchev–Trinajstić information content (AvgIpc) is 2.78. The smallest absolute Gasteiger partial charge is 0.160 e. The van der Waals surface area contributed by atoms with Crippen molar-refractivity contribution in [2.75, 3.05) is 0 Å². The van der Waals surface area contributed by atoms with Gasteiger partial charge in [-0.25, -0.2) is 9.97 Å². The van der Waals surface area contributed by atoms with Crippen LogP contribution in [0, 0.1) is 62.3 Å². The van der Waals surface area contributed by atoms with E-state index in [1.54, 1.807) is 0 Å². The average molecular weight is 435 g/mol. The molecule has 0 unspecified atom stereocenters. The molecular weight excluding hydrogens is 400 g/mol. The highest BCUT2D eigenvalue weighted by molar-refractivity contribution is 5.74. The van der Waals surface area contributed by atoms with Crippen LogP contribution >= 0.6 is 0 Å². The van der Waals surface area contributed by atoms with Crippen molar-refractivity contribution in [3.8, 4) is 33.9 Å². The second kappa shape index (κ2) is 8.59. The Labute approximate surface area is 198 Å². The number of aryl methyl sites for hydroxylation is 6. The molecule has 4 aromatic rings. The molecule has 0 saturated carbocycles. The predicted octanol–water partition coefficient (Wildman–Crippen LogP) is 8.25. The quantitative estimate of drug-likeness (QED) is 0.324. The van der Waals surface area contributed by atoms with Crippen LogP contribution in [0.5, 0.6) is 0 Å². The van der Waals surface area contributed by atoms with Crippen LogP contribution in [0.3, 0.4) is 0 Å². The highest BCUT2D eigenvalue weighted by Crippen LogP contribution is 2.32. The van der Waals surface area contributed by atoms with Gasteiger partial charge in [0.25, 0.3) is 0 Å². The molecule has 4 rings (SSSR count). The first-order valence-electron chi connectivity index (χ1n) is 11.7. The summed E-state index contributed by atoms with van der Waals surface area (Å²) in [6.45, 7) is 19.6. The number of aromatic nitrogens is 2. The second-order valence-corrected chi connectivity index (χ2v) is 9.67. The maximum atomic E-state index is 5.07. The van der Waals surface area contributed by atoms with Gasteiger partial charge in [0.1, 0.15) is 0 Å². The van der Waals surface area contributed by atoms with Gasteiger partial charge in [-0.3, -0.25) is 0 Å². The van der Waals surface area contributed by atoms with Crippen LogP contribution in [-0.2, 0) is 0 Å². The fourth-order valence-corrected chi connectivity index (χ4v) is 4.40. The van der Waals surface area contributed by atoms with Gasteiger partial charge in [0.05, 0.1) is 11.4 Å². The molecule has 0 spiro atoms. The molecule has 0 atom stereocenters. The Bertz CT molecular complexity index is 1140. The summed E-state index contributed by atoms with van der Waals surface area (Å²) >= 11 is 0. The molecule has 0 bridgehead atoms. The second-order valence-electron chi connectivity index (χ2n) is 9.67. The fourth-order valence-electron chi connectivity index (χ4n) is 4.40. The summed E-state index contributed by atoms with van der Waals surface area (Å²) < 4.78 is 0. The van der Waals surface area contributed by atoms with E-state index in [0.717, 1.165) is 33.9 Å². The molecule has 0 aliphatic heterocycles. The maximum Gasteiger partial charge on any atom is 0.160 e. The number of benzene rings is 3. The van der Waals surface area contributed by atoms with Crippen molar-refractivity contribution in [1.82, 2.24) is 9.97 Å². The van der Waals surface area contributed by atoms with E-state index >= 15 is 0 Å². The molecule has 3 aromatic carbocycles. The van der Waals surface area contributed by atoms with Crippen LogP contribution < -0.4 is 0 Å². The maximum absolute atomic E-state index is 5.07. The molecule has 2 heteroatoms. The lowest BCUT2D eigenvalue weighted by Crippen LogP contribution is -1.99. The summed E-state index contributed by atoms with van der Waals surface area (Å²) in [6, 6.07) is 15.5. The van der Waals surface area contributed by atoms with Crippen molar-refractivity contribution in [1.29, 1.82) is 0 Å². The standard InChI is InChI=1S/C31H34N2/c1-17-10-26(11-18(2)23(17)7)29-16-30(27-12-19(3)24(8)20(4)13-27)33-31(32-29)28-14-21(5)25(9)22(6)15-28/h10-16H,1-9H3. The minimum atomic E-state index is 0.778. The van der Waals surface area contributed by atoms with Gasteiger partial charge in [0, 0.05) is 16.7 Å². The third-order valence-electron chi connectivity index (χ3n) is 7.36. The van der Waals surface area contributed by atoms with Crippen molar-refractivity contribution >= 4 is 0 Å². The third-order valence-corrected chi connectivity index (χ3v) is 7.36. The van der Waals surface area contributed by atoms with Crippen LogP contribution in [-0.4, -0.2) is 9.97 Å².